The zero-order valence-electron chi connectivity index (χ0n) is 20.0. The van der Waals surface area contributed by atoms with Crippen molar-refractivity contribution >= 4 is 17.9 Å². The number of aliphatic hydroxyl groups excluding tert-OH is 1. The van der Waals surface area contributed by atoms with E-state index in [0.717, 1.165) is 45.1 Å². The van der Waals surface area contributed by atoms with Crippen molar-refractivity contribution in [2.75, 3.05) is 19.7 Å². The number of rotatable bonds is 10. The highest BCUT2D eigenvalue weighted by atomic mass is 16.4. The summed E-state index contributed by atoms with van der Waals surface area (Å²) in [6.45, 7) is 1.12. The molecule has 3 amide bonds. The predicted molar refractivity (Wildman–Crippen MR) is 129 cm³/mol. The number of likely N-dealkylation sites (tertiary alicyclic amines) is 1. The molecule has 0 aromatic heterocycles. The number of nitrogens with one attached hydrogen (secondary N) is 2. The van der Waals surface area contributed by atoms with E-state index in [1.807, 2.05) is 23.1 Å². The molecule has 3 rings (SSSR count). The summed E-state index contributed by atoms with van der Waals surface area (Å²) >= 11 is 0. The predicted octanol–water partition coefficient (Wildman–Crippen LogP) is 3.26. The van der Waals surface area contributed by atoms with Gasteiger partial charge < -0.3 is 25.7 Å². The highest BCUT2D eigenvalue weighted by molar-refractivity contribution is 5.85. The lowest BCUT2D eigenvalue weighted by Crippen LogP contribution is -2.51. The highest BCUT2D eigenvalue weighted by Crippen LogP contribution is 2.28. The maximum absolute atomic E-state index is 12.9. The van der Waals surface area contributed by atoms with Crippen LogP contribution in [-0.2, 0) is 9.59 Å². The first-order chi connectivity index (χ1) is 16.5. The Hall–Kier alpha value is -2.61. The van der Waals surface area contributed by atoms with Crippen molar-refractivity contribution in [3.05, 3.63) is 35.9 Å². The first-order valence-electron chi connectivity index (χ1n) is 12.7. The molecule has 1 unspecified atom stereocenters. The van der Waals surface area contributed by atoms with Crippen LogP contribution in [0.3, 0.4) is 0 Å². The minimum Gasteiger partial charge on any atom is -0.465 e. The molecule has 2 fully saturated rings. The molecule has 34 heavy (non-hydrogen) atoms. The normalized spacial score (nSPS) is 20.9. The van der Waals surface area contributed by atoms with Gasteiger partial charge in [0.25, 0.3) is 0 Å². The van der Waals surface area contributed by atoms with E-state index in [-0.39, 0.29) is 18.9 Å². The third kappa shape index (κ3) is 8.01. The van der Waals surface area contributed by atoms with E-state index in [0.29, 0.717) is 31.2 Å². The Morgan fingerprint density at radius 2 is 1.74 bits per heavy atom. The van der Waals surface area contributed by atoms with Crippen LogP contribution in [0.25, 0.3) is 0 Å². The second kappa shape index (κ2) is 13.3. The lowest BCUT2D eigenvalue weighted by molar-refractivity contribution is -0.133. The molecule has 1 aliphatic heterocycles. The number of carboxylic acid groups (broad SMARTS) is 1. The quantitative estimate of drug-likeness (QED) is 0.416. The van der Waals surface area contributed by atoms with Crippen molar-refractivity contribution in [1.82, 2.24) is 15.5 Å². The zero-order valence-corrected chi connectivity index (χ0v) is 20.0. The average Bonchev–Trinajstić information content (AvgIpc) is 2.86. The first-order valence-corrected chi connectivity index (χ1v) is 12.7. The van der Waals surface area contributed by atoms with Crippen molar-refractivity contribution in [1.29, 1.82) is 0 Å². The molecular weight excluding hydrogens is 434 g/mol. The number of carbonyl (C=O) groups excluding carboxylic acids is 2. The van der Waals surface area contributed by atoms with E-state index in [1.165, 1.54) is 12.0 Å². The summed E-state index contributed by atoms with van der Waals surface area (Å²) in [5.74, 6) is 0.245. The summed E-state index contributed by atoms with van der Waals surface area (Å²) in [4.78, 5) is 38.8. The van der Waals surface area contributed by atoms with Crippen LogP contribution in [0.5, 0.6) is 0 Å². The number of aliphatic hydroxyl groups is 1. The van der Waals surface area contributed by atoms with Crippen LogP contribution in [0, 0.1) is 5.92 Å². The van der Waals surface area contributed by atoms with Gasteiger partial charge in [0.15, 0.2) is 0 Å². The van der Waals surface area contributed by atoms with Gasteiger partial charge in [-0.2, -0.15) is 0 Å². The van der Waals surface area contributed by atoms with E-state index in [9.17, 15) is 24.6 Å². The Bertz CT molecular complexity index is 797. The maximum Gasteiger partial charge on any atom is 0.405 e. The third-order valence-electron chi connectivity index (χ3n) is 7.23. The topological polar surface area (TPSA) is 119 Å². The monoisotopic (exact) mass is 473 g/mol. The fourth-order valence-corrected chi connectivity index (χ4v) is 5.30. The molecule has 1 saturated carbocycles. The molecule has 1 aliphatic carbocycles. The van der Waals surface area contributed by atoms with Gasteiger partial charge in [-0.15, -0.1) is 0 Å². The van der Waals surface area contributed by atoms with E-state index >= 15 is 0 Å². The van der Waals surface area contributed by atoms with Gasteiger partial charge in [0.1, 0.15) is 6.04 Å². The van der Waals surface area contributed by atoms with E-state index in [4.69, 9.17) is 0 Å². The van der Waals surface area contributed by atoms with Gasteiger partial charge in [0.05, 0.1) is 12.6 Å². The third-order valence-corrected chi connectivity index (χ3v) is 7.23. The zero-order chi connectivity index (χ0) is 24.3. The molecule has 8 heteroatoms. The summed E-state index contributed by atoms with van der Waals surface area (Å²) in [5.41, 5.74) is 1.25. The molecule has 0 radical (unpaired) electrons. The summed E-state index contributed by atoms with van der Waals surface area (Å²) in [6, 6.07) is 8.80. The Balaban J connectivity index is 1.49. The second-order valence-electron chi connectivity index (χ2n) is 9.76. The molecule has 4 N–H and O–H groups in total. The Morgan fingerprint density at radius 3 is 2.41 bits per heavy atom. The molecule has 2 aliphatic rings. The van der Waals surface area contributed by atoms with Gasteiger partial charge in [-0.05, 0) is 37.2 Å². The Labute approximate surface area is 202 Å². The van der Waals surface area contributed by atoms with Crippen molar-refractivity contribution < 1.29 is 24.6 Å². The molecule has 0 bridgehead atoms. The van der Waals surface area contributed by atoms with E-state index < -0.39 is 24.1 Å². The fourth-order valence-electron chi connectivity index (χ4n) is 5.30. The average molecular weight is 474 g/mol. The number of nitrogens with zero attached hydrogens (tertiary/aromatic N) is 1. The highest BCUT2D eigenvalue weighted by Gasteiger charge is 2.28. The molecule has 1 aromatic carbocycles. The van der Waals surface area contributed by atoms with Gasteiger partial charge >= 0.3 is 6.09 Å². The summed E-state index contributed by atoms with van der Waals surface area (Å²) in [6.07, 6.45) is 7.19. The molecule has 1 heterocycles. The summed E-state index contributed by atoms with van der Waals surface area (Å²) < 4.78 is 0. The largest absolute Gasteiger partial charge is 0.465 e. The molecule has 188 valence electrons. The molecule has 0 spiro atoms. The Morgan fingerprint density at radius 1 is 1.00 bits per heavy atom. The van der Waals surface area contributed by atoms with Crippen molar-refractivity contribution in [2.45, 2.75) is 82.2 Å². The van der Waals surface area contributed by atoms with Crippen molar-refractivity contribution in [3.8, 4) is 0 Å². The standard InChI is InChI=1S/C26H39N3O5/c30-18-22(27-25(32)23(28-26(33)34)16-19-8-3-1-4-9-19)13-14-24(31)29-15-7-12-21(17-29)20-10-5-2-6-11-20/h2,5-6,10-11,19,21-23,28,30H,1,3-4,7-9,12-18H2,(H,27,32)(H,33,34)/t21?,22-,23-/m0/s1. The smallest absolute Gasteiger partial charge is 0.405 e. The lowest BCUT2D eigenvalue weighted by atomic mass is 9.84. The minimum atomic E-state index is -1.23. The Kier molecular flexibility index (Phi) is 10.2. The molecule has 8 nitrogen and oxygen atoms in total. The van der Waals surface area contributed by atoms with Crippen LogP contribution in [0.15, 0.2) is 30.3 Å². The van der Waals surface area contributed by atoms with Crippen LogP contribution >= 0.6 is 0 Å². The van der Waals surface area contributed by atoms with Gasteiger partial charge in [-0.25, -0.2) is 4.79 Å². The van der Waals surface area contributed by atoms with E-state index in [2.05, 4.69) is 22.8 Å². The van der Waals surface area contributed by atoms with Gasteiger partial charge in [0, 0.05) is 25.4 Å². The molecule has 1 saturated heterocycles. The van der Waals surface area contributed by atoms with Crippen LogP contribution in [-0.4, -0.2) is 64.8 Å². The van der Waals surface area contributed by atoms with Crippen LogP contribution in [0.2, 0.25) is 0 Å². The van der Waals surface area contributed by atoms with Crippen LogP contribution in [0.4, 0.5) is 4.79 Å². The van der Waals surface area contributed by atoms with Crippen molar-refractivity contribution in [2.24, 2.45) is 5.92 Å². The molecule has 1 aromatic rings. The van der Waals surface area contributed by atoms with Gasteiger partial charge in [-0.3, -0.25) is 9.59 Å². The number of carbonyl (C=O) groups is 3. The van der Waals surface area contributed by atoms with Crippen LogP contribution < -0.4 is 10.6 Å². The van der Waals surface area contributed by atoms with E-state index in [1.54, 1.807) is 0 Å². The van der Waals surface area contributed by atoms with Crippen molar-refractivity contribution in [3.63, 3.8) is 0 Å². The summed E-state index contributed by atoms with van der Waals surface area (Å²) in [5, 5.41) is 24.1. The minimum absolute atomic E-state index is 0.0238. The maximum atomic E-state index is 12.9. The first kappa shape index (κ1) is 26.0. The molecule has 3 atom stereocenters. The lowest BCUT2D eigenvalue weighted by Gasteiger charge is -2.33. The fraction of sp³-hybridized carbons (Fsp3) is 0.654. The number of piperidine rings is 1. The number of hydrogen-bond donors (Lipinski definition) is 4. The summed E-state index contributed by atoms with van der Waals surface area (Å²) in [7, 11) is 0. The number of hydrogen-bond acceptors (Lipinski definition) is 4. The molecular formula is C26H39N3O5. The number of amides is 3. The number of benzene rings is 1. The van der Waals surface area contributed by atoms with Gasteiger partial charge in [-0.1, -0.05) is 62.4 Å². The SMILES string of the molecule is O=C(O)N[C@@H](CC1CCCCC1)C(=O)N[C@H](CO)CCC(=O)N1CCCC(c2ccccc2)C1. The van der Waals surface area contributed by atoms with Gasteiger partial charge in [0.2, 0.25) is 11.8 Å². The second-order valence-corrected chi connectivity index (χ2v) is 9.76. The van der Waals surface area contributed by atoms with Crippen LogP contribution in [0.1, 0.15) is 75.7 Å².